The number of nitrogens with one attached hydrogen (secondary N) is 1. The van der Waals surface area contributed by atoms with E-state index in [1.54, 1.807) is 11.3 Å². The molecule has 1 atom stereocenters. The molecule has 1 fully saturated rings. The lowest BCUT2D eigenvalue weighted by atomic mass is 10.0. The lowest BCUT2D eigenvalue weighted by Crippen LogP contribution is -2.53. The van der Waals surface area contributed by atoms with Gasteiger partial charge in [0.1, 0.15) is 5.01 Å². The van der Waals surface area contributed by atoms with Crippen molar-refractivity contribution in [2.75, 3.05) is 39.8 Å². The summed E-state index contributed by atoms with van der Waals surface area (Å²) in [4.78, 5) is 9.57. The first kappa shape index (κ1) is 15.9. The molecule has 0 amide bonds. The number of aryl methyl sites for hydroxylation is 1. The summed E-state index contributed by atoms with van der Waals surface area (Å²) in [6.07, 6.45) is 0. The Hall–Kier alpha value is -0.490. The zero-order chi connectivity index (χ0) is 14.5. The molecular weight excluding hydrogens is 268 g/mol. The van der Waals surface area contributed by atoms with Crippen molar-refractivity contribution in [2.45, 2.75) is 33.4 Å². The zero-order valence-electron chi connectivity index (χ0n) is 13.2. The van der Waals surface area contributed by atoms with Gasteiger partial charge in [0.2, 0.25) is 0 Å². The first-order valence-electron chi connectivity index (χ1n) is 7.60. The second-order valence-corrected chi connectivity index (χ2v) is 7.11. The van der Waals surface area contributed by atoms with Crippen LogP contribution in [0.3, 0.4) is 0 Å². The highest BCUT2D eigenvalue weighted by Gasteiger charge is 2.24. The molecule has 2 rings (SSSR count). The molecule has 0 spiro atoms. The molecule has 20 heavy (non-hydrogen) atoms. The molecule has 0 radical (unpaired) electrons. The number of piperazine rings is 1. The third-order valence-electron chi connectivity index (χ3n) is 4.07. The van der Waals surface area contributed by atoms with E-state index in [9.17, 15) is 0 Å². The van der Waals surface area contributed by atoms with Gasteiger partial charge < -0.3 is 10.2 Å². The van der Waals surface area contributed by atoms with Crippen LogP contribution in [-0.2, 0) is 6.54 Å². The van der Waals surface area contributed by atoms with Crippen molar-refractivity contribution in [3.8, 4) is 0 Å². The van der Waals surface area contributed by atoms with Crippen molar-refractivity contribution in [3.63, 3.8) is 0 Å². The second kappa shape index (κ2) is 7.50. The van der Waals surface area contributed by atoms with Crippen LogP contribution in [0.1, 0.15) is 24.5 Å². The van der Waals surface area contributed by atoms with E-state index < -0.39 is 0 Å². The van der Waals surface area contributed by atoms with Crippen LogP contribution in [0.5, 0.6) is 0 Å². The van der Waals surface area contributed by atoms with Crippen LogP contribution in [0.4, 0.5) is 0 Å². The minimum absolute atomic E-state index is 0.629. The van der Waals surface area contributed by atoms with Gasteiger partial charge in [-0.05, 0) is 19.9 Å². The van der Waals surface area contributed by atoms with Gasteiger partial charge in [0.15, 0.2) is 0 Å². The SMILES string of the molecule is Cc1csc(CNCC(C(C)C)N2CCN(C)CC2)n1. The van der Waals surface area contributed by atoms with Gasteiger partial charge in [-0.2, -0.15) is 0 Å². The van der Waals surface area contributed by atoms with Gasteiger partial charge in [-0.3, -0.25) is 4.90 Å². The molecule has 1 saturated heterocycles. The van der Waals surface area contributed by atoms with Crippen molar-refractivity contribution < 1.29 is 0 Å². The number of thiazole rings is 1. The molecule has 1 aromatic rings. The van der Waals surface area contributed by atoms with Crippen LogP contribution in [0.25, 0.3) is 0 Å². The summed E-state index contributed by atoms with van der Waals surface area (Å²) in [6, 6.07) is 0.629. The third-order valence-corrected chi connectivity index (χ3v) is 5.04. The number of rotatable bonds is 6. The molecule has 0 saturated carbocycles. The second-order valence-electron chi connectivity index (χ2n) is 6.16. The first-order valence-corrected chi connectivity index (χ1v) is 8.48. The predicted octanol–water partition coefficient (Wildman–Crippen LogP) is 1.81. The number of likely N-dealkylation sites (N-methyl/N-ethyl adjacent to an activating group) is 1. The van der Waals surface area contributed by atoms with Crippen molar-refractivity contribution in [3.05, 3.63) is 16.1 Å². The average Bonchev–Trinajstić information content (AvgIpc) is 2.81. The molecule has 0 bridgehead atoms. The van der Waals surface area contributed by atoms with Gasteiger partial charge >= 0.3 is 0 Å². The fourth-order valence-electron chi connectivity index (χ4n) is 2.75. The van der Waals surface area contributed by atoms with Gasteiger partial charge in [0.05, 0.1) is 0 Å². The van der Waals surface area contributed by atoms with E-state index in [1.165, 1.54) is 31.2 Å². The largest absolute Gasteiger partial charge is 0.309 e. The molecule has 2 heterocycles. The van der Waals surface area contributed by atoms with E-state index >= 15 is 0 Å². The van der Waals surface area contributed by atoms with Crippen LogP contribution < -0.4 is 5.32 Å². The van der Waals surface area contributed by atoms with E-state index in [2.05, 4.69) is 53.3 Å². The number of aromatic nitrogens is 1. The molecule has 0 aromatic carbocycles. The molecule has 114 valence electrons. The molecule has 1 N–H and O–H groups in total. The summed E-state index contributed by atoms with van der Waals surface area (Å²) in [5.74, 6) is 0.684. The van der Waals surface area contributed by atoms with Crippen molar-refractivity contribution >= 4 is 11.3 Å². The molecular formula is C15H28N4S. The Morgan fingerprint density at radius 2 is 2.00 bits per heavy atom. The average molecular weight is 296 g/mol. The van der Waals surface area contributed by atoms with Gasteiger partial charge in [0.25, 0.3) is 0 Å². The van der Waals surface area contributed by atoms with Crippen LogP contribution in [-0.4, -0.2) is 60.6 Å². The first-order chi connectivity index (χ1) is 9.56. The van der Waals surface area contributed by atoms with Gasteiger partial charge in [0, 0.05) is 56.4 Å². The Labute approximate surface area is 127 Å². The Balaban J connectivity index is 1.80. The van der Waals surface area contributed by atoms with Crippen LogP contribution in [0, 0.1) is 12.8 Å². The standard InChI is InChI=1S/C15H28N4S/c1-12(2)14(19-7-5-18(4)6-8-19)9-16-10-15-17-13(3)11-20-15/h11-12,14,16H,5-10H2,1-4H3. The molecule has 4 nitrogen and oxygen atoms in total. The lowest BCUT2D eigenvalue weighted by Gasteiger charge is -2.40. The summed E-state index contributed by atoms with van der Waals surface area (Å²) in [5.41, 5.74) is 1.13. The Morgan fingerprint density at radius 3 is 2.55 bits per heavy atom. The Morgan fingerprint density at radius 1 is 1.30 bits per heavy atom. The third kappa shape index (κ3) is 4.52. The number of nitrogens with zero attached hydrogens (tertiary/aromatic N) is 3. The zero-order valence-corrected chi connectivity index (χ0v) is 14.0. The maximum Gasteiger partial charge on any atom is 0.107 e. The highest BCUT2D eigenvalue weighted by atomic mass is 32.1. The quantitative estimate of drug-likeness (QED) is 0.867. The van der Waals surface area contributed by atoms with E-state index in [0.717, 1.165) is 18.8 Å². The summed E-state index contributed by atoms with van der Waals surface area (Å²) in [6.45, 7) is 13.4. The highest BCUT2D eigenvalue weighted by molar-refractivity contribution is 7.09. The van der Waals surface area contributed by atoms with Crippen LogP contribution in [0.15, 0.2) is 5.38 Å². The molecule has 5 heteroatoms. The number of hydrogen-bond acceptors (Lipinski definition) is 5. The normalized spacial score (nSPS) is 19.6. The topological polar surface area (TPSA) is 31.4 Å². The van der Waals surface area contributed by atoms with Crippen LogP contribution >= 0.6 is 11.3 Å². The minimum Gasteiger partial charge on any atom is -0.309 e. The predicted molar refractivity (Wildman–Crippen MR) is 86.3 cm³/mol. The van der Waals surface area contributed by atoms with Gasteiger partial charge in [-0.1, -0.05) is 13.8 Å². The Kier molecular flexibility index (Phi) is 5.96. The van der Waals surface area contributed by atoms with Crippen LogP contribution in [0.2, 0.25) is 0 Å². The van der Waals surface area contributed by atoms with Crippen molar-refractivity contribution in [2.24, 2.45) is 5.92 Å². The van der Waals surface area contributed by atoms with E-state index in [0.29, 0.717) is 12.0 Å². The maximum atomic E-state index is 4.51. The van der Waals surface area contributed by atoms with Crippen molar-refractivity contribution in [1.82, 2.24) is 20.1 Å². The summed E-state index contributed by atoms with van der Waals surface area (Å²) >= 11 is 1.75. The molecule has 0 aliphatic carbocycles. The van der Waals surface area contributed by atoms with E-state index in [-0.39, 0.29) is 0 Å². The summed E-state index contributed by atoms with van der Waals surface area (Å²) in [5, 5.41) is 6.92. The maximum absolute atomic E-state index is 4.51. The van der Waals surface area contributed by atoms with E-state index in [1.807, 2.05) is 0 Å². The smallest absolute Gasteiger partial charge is 0.107 e. The fraction of sp³-hybridized carbons (Fsp3) is 0.800. The number of hydrogen-bond donors (Lipinski definition) is 1. The summed E-state index contributed by atoms with van der Waals surface area (Å²) in [7, 11) is 2.21. The highest BCUT2D eigenvalue weighted by Crippen LogP contribution is 2.13. The molecule has 1 aliphatic heterocycles. The Bertz CT molecular complexity index is 396. The lowest BCUT2D eigenvalue weighted by molar-refractivity contribution is 0.0875. The van der Waals surface area contributed by atoms with Gasteiger partial charge in [-0.25, -0.2) is 4.98 Å². The molecule has 1 aromatic heterocycles. The molecule has 1 unspecified atom stereocenters. The van der Waals surface area contributed by atoms with E-state index in [4.69, 9.17) is 0 Å². The summed E-state index contributed by atoms with van der Waals surface area (Å²) < 4.78 is 0. The molecule has 1 aliphatic rings. The minimum atomic E-state index is 0.629. The monoisotopic (exact) mass is 296 g/mol. The van der Waals surface area contributed by atoms with Gasteiger partial charge in [-0.15, -0.1) is 11.3 Å². The fourth-order valence-corrected chi connectivity index (χ4v) is 3.49. The van der Waals surface area contributed by atoms with Crippen molar-refractivity contribution in [1.29, 1.82) is 0 Å².